The molecule has 1 unspecified atom stereocenters. The third kappa shape index (κ3) is 4.77. The molecule has 1 aliphatic carbocycles. The molecule has 0 saturated carbocycles. The summed E-state index contributed by atoms with van der Waals surface area (Å²) < 4.78 is 0. The van der Waals surface area contributed by atoms with Crippen LogP contribution in [-0.2, 0) is 9.59 Å². The van der Waals surface area contributed by atoms with Crippen LogP contribution in [0.25, 0.3) is 0 Å². The topological polar surface area (TPSA) is 66.4 Å². The molecule has 0 aromatic heterocycles. The summed E-state index contributed by atoms with van der Waals surface area (Å²) in [5, 5.41) is 11.1. The van der Waals surface area contributed by atoms with Crippen molar-refractivity contribution in [2.24, 2.45) is 0 Å². The Bertz CT molecular complexity index is 331. The fraction of sp³-hybridized carbons (Fsp3) is 0.500. The number of amides is 1. The predicted octanol–water partition coefficient (Wildman–Crippen LogP) is 1.63. The summed E-state index contributed by atoms with van der Waals surface area (Å²) in [6.07, 6.45) is 8.58. The molecule has 0 fully saturated rings. The van der Waals surface area contributed by atoms with Crippen LogP contribution in [0.2, 0.25) is 0 Å². The Hall–Kier alpha value is -1.58. The van der Waals surface area contributed by atoms with Crippen LogP contribution < -0.4 is 5.32 Å². The molecule has 0 heterocycles. The number of hydrogen-bond donors (Lipinski definition) is 2. The Labute approximate surface area is 95.0 Å². The van der Waals surface area contributed by atoms with Crippen LogP contribution in [0.3, 0.4) is 0 Å². The standard InChI is InChI=1S/C12H17NO3/c1-9(8-12(15)16)13-11(14)7-6-10-4-2-3-5-10/h4,6-7,9H,2-3,5,8H2,1H3,(H,13,14)(H,15,16)/b7-6+. The normalized spacial score (nSPS) is 17.2. The van der Waals surface area contributed by atoms with Gasteiger partial charge in [0.15, 0.2) is 0 Å². The minimum absolute atomic E-state index is 0.0533. The fourth-order valence-electron chi connectivity index (χ4n) is 1.63. The number of nitrogens with one attached hydrogen (secondary N) is 1. The number of carboxylic acid groups (broad SMARTS) is 1. The largest absolute Gasteiger partial charge is 0.481 e. The zero-order valence-electron chi connectivity index (χ0n) is 9.40. The van der Waals surface area contributed by atoms with Crippen molar-refractivity contribution in [3.05, 3.63) is 23.8 Å². The third-order valence-corrected chi connectivity index (χ3v) is 2.39. The van der Waals surface area contributed by atoms with Crippen molar-refractivity contribution in [2.75, 3.05) is 0 Å². The Kier molecular flexibility index (Phi) is 4.76. The molecule has 1 amide bonds. The zero-order valence-corrected chi connectivity index (χ0v) is 9.40. The average Bonchev–Trinajstić information content (AvgIpc) is 2.65. The highest BCUT2D eigenvalue weighted by molar-refractivity contribution is 5.88. The fourth-order valence-corrected chi connectivity index (χ4v) is 1.63. The number of rotatable bonds is 5. The van der Waals surface area contributed by atoms with E-state index < -0.39 is 5.97 Å². The Morgan fingerprint density at radius 1 is 1.62 bits per heavy atom. The summed E-state index contributed by atoms with van der Waals surface area (Å²) in [6.45, 7) is 1.68. The monoisotopic (exact) mass is 223 g/mol. The van der Waals surface area contributed by atoms with Gasteiger partial charge in [0.1, 0.15) is 0 Å². The molecule has 4 nitrogen and oxygen atoms in total. The van der Waals surface area contributed by atoms with E-state index in [9.17, 15) is 9.59 Å². The first-order chi connectivity index (χ1) is 7.58. The molecular formula is C12H17NO3. The number of allylic oxidation sites excluding steroid dienone is 3. The third-order valence-electron chi connectivity index (χ3n) is 2.39. The van der Waals surface area contributed by atoms with Crippen LogP contribution >= 0.6 is 0 Å². The highest BCUT2D eigenvalue weighted by atomic mass is 16.4. The quantitative estimate of drug-likeness (QED) is 0.696. The molecule has 0 aliphatic heterocycles. The van der Waals surface area contributed by atoms with Gasteiger partial charge in [-0.05, 0) is 26.2 Å². The highest BCUT2D eigenvalue weighted by Crippen LogP contribution is 2.18. The number of carbonyl (C=O) groups excluding carboxylic acids is 1. The molecule has 1 aliphatic rings. The SMILES string of the molecule is CC(CC(=O)O)NC(=O)/C=C/C1=CCCC1. The molecule has 2 N–H and O–H groups in total. The second-order valence-corrected chi connectivity index (χ2v) is 4.01. The maximum atomic E-state index is 11.4. The van der Waals surface area contributed by atoms with Crippen LogP contribution in [0.1, 0.15) is 32.6 Å². The van der Waals surface area contributed by atoms with Crippen molar-refractivity contribution in [1.82, 2.24) is 5.32 Å². The van der Waals surface area contributed by atoms with E-state index in [-0.39, 0.29) is 18.4 Å². The summed E-state index contributed by atoms with van der Waals surface area (Å²) in [7, 11) is 0. The molecule has 0 aromatic carbocycles. The first kappa shape index (κ1) is 12.5. The van der Waals surface area contributed by atoms with Crippen molar-refractivity contribution in [3.8, 4) is 0 Å². The van der Waals surface area contributed by atoms with E-state index in [1.807, 2.05) is 0 Å². The number of carbonyl (C=O) groups is 2. The van der Waals surface area contributed by atoms with Crippen molar-refractivity contribution in [2.45, 2.75) is 38.6 Å². The summed E-state index contributed by atoms with van der Waals surface area (Å²) in [6, 6.07) is -0.341. The summed E-state index contributed by atoms with van der Waals surface area (Å²) in [5.41, 5.74) is 1.18. The summed E-state index contributed by atoms with van der Waals surface area (Å²) in [5.74, 6) is -1.14. The van der Waals surface area contributed by atoms with Gasteiger partial charge < -0.3 is 10.4 Å². The Morgan fingerprint density at radius 3 is 2.94 bits per heavy atom. The van der Waals surface area contributed by atoms with E-state index in [0.717, 1.165) is 19.3 Å². The van der Waals surface area contributed by atoms with E-state index in [1.165, 1.54) is 11.6 Å². The van der Waals surface area contributed by atoms with Gasteiger partial charge in [-0.3, -0.25) is 9.59 Å². The van der Waals surface area contributed by atoms with Crippen LogP contribution in [0.5, 0.6) is 0 Å². The maximum absolute atomic E-state index is 11.4. The van der Waals surface area contributed by atoms with Crippen molar-refractivity contribution in [3.63, 3.8) is 0 Å². The average molecular weight is 223 g/mol. The molecule has 16 heavy (non-hydrogen) atoms. The molecule has 0 radical (unpaired) electrons. The number of carboxylic acids is 1. The first-order valence-corrected chi connectivity index (χ1v) is 5.47. The van der Waals surface area contributed by atoms with Gasteiger partial charge in [-0.25, -0.2) is 0 Å². The molecule has 1 atom stereocenters. The molecule has 0 saturated heterocycles. The lowest BCUT2D eigenvalue weighted by atomic mass is 10.2. The van der Waals surface area contributed by atoms with E-state index >= 15 is 0 Å². The van der Waals surface area contributed by atoms with Gasteiger partial charge in [0, 0.05) is 12.1 Å². The van der Waals surface area contributed by atoms with Gasteiger partial charge in [-0.2, -0.15) is 0 Å². The number of hydrogen-bond acceptors (Lipinski definition) is 2. The van der Waals surface area contributed by atoms with Gasteiger partial charge in [0.25, 0.3) is 0 Å². The zero-order chi connectivity index (χ0) is 12.0. The molecule has 0 bridgehead atoms. The summed E-state index contributed by atoms with van der Waals surface area (Å²) in [4.78, 5) is 21.8. The summed E-state index contributed by atoms with van der Waals surface area (Å²) >= 11 is 0. The first-order valence-electron chi connectivity index (χ1n) is 5.47. The van der Waals surface area contributed by atoms with E-state index in [1.54, 1.807) is 13.0 Å². The minimum atomic E-state index is -0.907. The van der Waals surface area contributed by atoms with Gasteiger partial charge in [-0.15, -0.1) is 0 Å². The lowest BCUT2D eigenvalue weighted by molar-refractivity contribution is -0.137. The highest BCUT2D eigenvalue weighted by Gasteiger charge is 2.09. The van der Waals surface area contributed by atoms with Crippen LogP contribution in [0.4, 0.5) is 0 Å². The second kappa shape index (κ2) is 6.10. The maximum Gasteiger partial charge on any atom is 0.305 e. The Morgan fingerprint density at radius 2 is 2.38 bits per heavy atom. The van der Waals surface area contributed by atoms with Crippen LogP contribution in [-0.4, -0.2) is 23.0 Å². The van der Waals surface area contributed by atoms with Crippen LogP contribution in [0.15, 0.2) is 23.8 Å². The second-order valence-electron chi connectivity index (χ2n) is 4.01. The lowest BCUT2D eigenvalue weighted by Crippen LogP contribution is -2.32. The van der Waals surface area contributed by atoms with Gasteiger partial charge in [0.2, 0.25) is 5.91 Å². The Balaban J connectivity index is 2.32. The van der Waals surface area contributed by atoms with E-state index in [0.29, 0.717) is 0 Å². The van der Waals surface area contributed by atoms with Gasteiger partial charge >= 0.3 is 5.97 Å². The van der Waals surface area contributed by atoms with Crippen LogP contribution in [0, 0.1) is 0 Å². The molecule has 1 rings (SSSR count). The van der Waals surface area contributed by atoms with E-state index in [2.05, 4.69) is 11.4 Å². The lowest BCUT2D eigenvalue weighted by Gasteiger charge is -2.08. The van der Waals surface area contributed by atoms with E-state index in [4.69, 9.17) is 5.11 Å². The van der Waals surface area contributed by atoms with Crippen molar-refractivity contribution < 1.29 is 14.7 Å². The van der Waals surface area contributed by atoms with Gasteiger partial charge in [0.05, 0.1) is 6.42 Å². The molecule has 0 aromatic rings. The predicted molar refractivity (Wildman–Crippen MR) is 60.9 cm³/mol. The number of aliphatic carboxylic acids is 1. The smallest absolute Gasteiger partial charge is 0.305 e. The minimum Gasteiger partial charge on any atom is -0.481 e. The molecule has 4 heteroatoms. The molecule has 0 spiro atoms. The molecular weight excluding hydrogens is 206 g/mol. The van der Waals surface area contributed by atoms with Gasteiger partial charge in [-0.1, -0.05) is 17.7 Å². The molecule has 88 valence electrons. The van der Waals surface area contributed by atoms with Crippen molar-refractivity contribution in [1.29, 1.82) is 0 Å². The van der Waals surface area contributed by atoms with Crippen molar-refractivity contribution >= 4 is 11.9 Å².